The molecule has 4 aromatic carbocycles. The molecule has 0 amide bonds. The maximum atomic E-state index is 8.77. The molecule has 0 radical (unpaired) electrons. The molecular formula is C44H53Cl2HfSi. The van der Waals surface area contributed by atoms with Crippen molar-refractivity contribution in [2.75, 3.05) is 0 Å². The van der Waals surface area contributed by atoms with Crippen LogP contribution in [0.1, 0.15) is 103 Å². The average Bonchev–Trinajstić information content (AvgIpc) is 3.63. The summed E-state index contributed by atoms with van der Waals surface area (Å²) in [7, 11) is 17.5. The molecule has 4 aromatic rings. The monoisotopic (exact) mass is 859 g/mol. The fraction of sp³-hybridized carbons (Fsp3) is 0.364. The van der Waals surface area contributed by atoms with Gasteiger partial charge in [-0.2, -0.15) is 0 Å². The van der Waals surface area contributed by atoms with Gasteiger partial charge in [-0.1, -0.05) is 0 Å². The minimum atomic E-state index is -5.01. The molecule has 0 heterocycles. The molecule has 48 heavy (non-hydrogen) atoms. The molecule has 0 nitrogen and oxygen atoms in total. The molecule has 2 aliphatic rings. The van der Waals surface area contributed by atoms with Gasteiger partial charge in [0.25, 0.3) is 0 Å². The molecule has 251 valence electrons. The third-order valence-corrected chi connectivity index (χ3v) is 85.1. The van der Waals surface area contributed by atoms with E-state index in [-0.39, 0.29) is 7.35 Å². The first-order valence-electron chi connectivity index (χ1n) is 18.1. The van der Waals surface area contributed by atoms with Crippen molar-refractivity contribution in [1.82, 2.24) is 0 Å². The molecule has 0 spiro atoms. The van der Waals surface area contributed by atoms with Crippen LogP contribution >= 0.6 is 17.2 Å². The molecule has 0 aliphatic heterocycles. The van der Waals surface area contributed by atoms with Crippen LogP contribution in [0.15, 0.2) is 71.8 Å². The zero-order chi connectivity index (χ0) is 34.7. The summed E-state index contributed by atoms with van der Waals surface area (Å²) in [4.78, 5) is 0. The summed E-state index contributed by atoms with van der Waals surface area (Å²) >= 11 is -5.01. The van der Waals surface area contributed by atoms with Crippen molar-refractivity contribution in [2.45, 2.75) is 102 Å². The third kappa shape index (κ3) is 5.47. The first kappa shape index (κ1) is 35.8. The summed E-state index contributed by atoms with van der Waals surface area (Å²) < 4.78 is 0.254. The molecule has 0 saturated carbocycles. The fourth-order valence-electron chi connectivity index (χ4n) is 9.04. The number of aryl methyl sites for hydroxylation is 2. The minimum absolute atomic E-state index is 0.127. The summed E-state index contributed by atoms with van der Waals surface area (Å²) in [5.41, 5.74) is 21.9. The van der Waals surface area contributed by atoms with E-state index in [4.69, 9.17) is 17.2 Å². The molecule has 4 heteroatoms. The Hall–Kier alpha value is -1.97. The van der Waals surface area contributed by atoms with E-state index in [1.807, 2.05) is 0 Å². The Morgan fingerprint density at radius 1 is 0.542 bits per heavy atom. The van der Waals surface area contributed by atoms with Gasteiger partial charge >= 0.3 is 302 Å². The zero-order valence-corrected chi connectivity index (χ0v) is 37.0. The molecule has 0 N–H and O–H groups in total. The van der Waals surface area contributed by atoms with E-state index in [1.165, 1.54) is 89.0 Å². The summed E-state index contributed by atoms with van der Waals surface area (Å²) in [5, 5.41) is 0. The molecule has 6 rings (SSSR count). The number of hydrogen-bond acceptors (Lipinski definition) is 0. The van der Waals surface area contributed by atoms with Gasteiger partial charge in [0.1, 0.15) is 0 Å². The van der Waals surface area contributed by atoms with E-state index in [0.29, 0.717) is 0 Å². The molecule has 2 atom stereocenters. The normalized spacial score (nSPS) is 18.0. The van der Waals surface area contributed by atoms with E-state index in [9.17, 15) is 0 Å². The maximum absolute atomic E-state index is 8.77. The second-order valence-electron chi connectivity index (χ2n) is 15.2. The Bertz CT molecular complexity index is 1860. The van der Waals surface area contributed by atoms with Gasteiger partial charge in [0.05, 0.1) is 0 Å². The van der Waals surface area contributed by atoms with Crippen molar-refractivity contribution < 1.29 is 15.3 Å². The fourth-order valence-corrected chi connectivity index (χ4v) is 53.6. The van der Waals surface area contributed by atoms with Gasteiger partial charge in [0.15, 0.2) is 0 Å². The summed E-state index contributed by atoms with van der Waals surface area (Å²) in [6.45, 7) is 23.1. The van der Waals surface area contributed by atoms with E-state index < -0.39 is 21.3 Å². The molecule has 0 fully saturated rings. The Kier molecular flexibility index (Phi) is 9.93. The van der Waals surface area contributed by atoms with Crippen LogP contribution in [0.4, 0.5) is 0 Å². The first-order valence-corrected chi connectivity index (χ1v) is 40.3. The molecule has 2 unspecified atom stereocenters. The van der Waals surface area contributed by atoms with E-state index >= 15 is 0 Å². The van der Waals surface area contributed by atoms with Crippen LogP contribution in [-0.4, -0.2) is 5.98 Å². The number of benzene rings is 4. The summed E-state index contributed by atoms with van der Waals surface area (Å²) in [5.74, 6) is -1.63. The standard InChI is InChI=1S/2C21H23.C2H7Si.2ClH.Hf/c2*1-5-7-17-12-18-8-6-9-20(21(18)13-17)19-11-10-14(2)15(3)16(19)4;1-3-2;;;/h2*6,8-13H,5,7H2,1-4H3;3H,1-2H3;2*1H;/q;;;;;+2/p-2. The third-order valence-electron chi connectivity index (χ3n) is 12.3. The molecular weight excluding hydrogens is 806 g/mol. The number of rotatable bonds is 9. The Labute approximate surface area is 299 Å². The van der Waals surface area contributed by atoms with Crippen molar-refractivity contribution in [3.63, 3.8) is 0 Å². The summed E-state index contributed by atoms with van der Waals surface area (Å²) in [6, 6.07) is 23.2. The Morgan fingerprint density at radius 3 is 1.29 bits per heavy atom. The van der Waals surface area contributed by atoms with Crippen molar-refractivity contribution in [1.29, 1.82) is 0 Å². The van der Waals surface area contributed by atoms with Crippen LogP contribution < -0.4 is 0 Å². The SMILES string of the molecule is CCCC1=Cc2c(-c3ccc(C)c(C)c3C)cccc2[CH]1[Hf]([Cl])([Cl])([CH]1C(CCC)=Cc2c(-c3ccc(C)c(C)c3C)cccc21)[SiH](C)C. The van der Waals surface area contributed by atoms with E-state index in [1.54, 1.807) is 0 Å². The predicted octanol–water partition coefficient (Wildman–Crippen LogP) is 14.0. The van der Waals surface area contributed by atoms with Crippen molar-refractivity contribution >= 4 is 35.3 Å². The van der Waals surface area contributed by atoms with Crippen LogP contribution in [0.2, 0.25) is 13.1 Å². The van der Waals surface area contributed by atoms with Crippen LogP contribution in [-0.2, 0) is 15.3 Å². The summed E-state index contributed by atoms with van der Waals surface area (Å²) in [6.07, 6.45) is 9.29. The molecule has 0 saturated heterocycles. The van der Waals surface area contributed by atoms with Gasteiger partial charge in [-0.3, -0.25) is 0 Å². The average molecular weight is 859 g/mol. The molecule has 2 aliphatic carbocycles. The van der Waals surface area contributed by atoms with Crippen LogP contribution in [0, 0.1) is 41.5 Å². The predicted molar refractivity (Wildman–Crippen MR) is 214 cm³/mol. The quantitative estimate of drug-likeness (QED) is 0.147. The van der Waals surface area contributed by atoms with E-state index in [2.05, 4.69) is 141 Å². The van der Waals surface area contributed by atoms with Crippen LogP contribution in [0.25, 0.3) is 34.4 Å². The second-order valence-corrected chi connectivity index (χ2v) is 74.4. The van der Waals surface area contributed by atoms with Crippen molar-refractivity contribution in [3.05, 3.63) is 127 Å². The number of halogens is 2. The van der Waals surface area contributed by atoms with Gasteiger partial charge in [-0.05, 0) is 0 Å². The van der Waals surface area contributed by atoms with Gasteiger partial charge < -0.3 is 0 Å². The van der Waals surface area contributed by atoms with E-state index in [0.717, 1.165) is 25.7 Å². The zero-order valence-electron chi connectivity index (χ0n) is 30.7. The Balaban J connectivity index is 1.61. The van der Waals surface area contributed by atoms with Crippen LogP contribution in [0.3, 0.4) is 0 Å². The van der Waals surface area contributed by atoms with Gasteiger partial charge in [0, 0.05) is 0 Å². The first-order chi connectivity index (χ1) is 22.8. The number of hydrogen-bond donors (Lipinski definition) is 0. The van der Waals surface area contributed by atoms with Crippen molar-refractivity contribution in [2.24, 2.45) is 0 Å². The Morgan fingerprint density at radius 2 is 0.938 bits per heavy atom. The molecule has 0 bridgehead atoms. The number of allylic oxidation sites excluding steroid dienone is 2. The second kappa shape index (κ2) is 13.3. The van der Waals surface area contributed by atoms with Gasteiger partial charge in [0.2, 0.25) is 0 Å². The van der Waals surface area contributed by atoms with Gasteiger partial charge in [-0.15, -0.1) is 0 Å². The number of fused-ring (bicyclic) bond motifs is 2. The van der Waals surface area contributed by atoms with Crippen molar-refractivity contribution in [3.8, 4) is 22.3 Å². The topological polar surface area (TPSA) is 0 Å². The van der Waals surface area contributed by atoms with Crippen LogP contribution in [0.5, 0.6) is 0 Å². The van der Waals surface area contributed by atoms with Gasteiger partial charge in [-0.25, -0.2) is 0 Å². The molecule has 0 aromatic heterocycles.